The van der Waals surface area contributed by atoms with Gasteiger partial charge in [-0.2, -0.15) is 0 Å². The van der Waals surface area contributed by atoms with Crippen molar-refractivity contribution in [2.75, 3.05) is 11.5 Å². The summed E-state index contributed by atoms with van der Waals surface area (Å²) < 4.78 is 6.45. The number of hydrogen-bond acceptors (Lipinski definition) is 3. The lowest BCUT2D eigenvalue weighted by molar-refractivity contribution is 0.482. The van der Waals surface area contributed by atoms with Gasteiger partial charge in [-0.3, -0.25) is 0 Å². The van der Waals surface area contributed by atoms with Gasteiger partial charge in [0, 0.05) is 0 Å². The van der Waals surface area contributed by atoms with Crippen molar-refractivity contribution in [3.63, 3.8) is 0 Å². The third kappa shape index (κ3) is 3.48. The van der Waals surface area contributed by atoms with E-state index < -0.39 is 0 Å². The molecule has 1 aliphatic rings. The molecule has 0 aromatic heterocycles. The molecule has 0 aliphatic carbocycles. The van der Waals surface area contributed by atoms with E-state index in [2.05, 4.69) is 18.2 Å². The Hall–Kier alpha value is -1.06. The molecule has 0 saturated carbocycles. The van der Waals surface area contributed by atoms with Gasteiger partial charge in [0.2, 0.25) is 0 Å². The van der Waals surface area contributed by atoms with E-state index in [0.29, 0.717) is 4.58 Å². The summed E-state index contributed by atoms with van der Waals surface area (Å²) in [6.07, 6.45) is 1.33. The normalized spacial score (nSPS) is 16.2. The maximum atomic E-state index is 5.89. The monoisotopic (exact) mass is 288 g/mol. The lowest BCUT2D eigenvalue weighted by Crippen LogP contribution is -2.00. The van der Waals surface area contributed by atoms with Crippen LogP contribution in [0, 0.1) is 0 Å². The van der Waals surface area contributed by atoms with Gasteiger partial charge in [0.15, 0.2) is 0 Å². The highest BCUT2D eigenvalue weighted by atomic mass is 32.2. The summed E-state index contributed by atoms with van der Waals surface area (Å²) in [5, 5.41) is 0. The van der Waals surface area contributed by atoms with Crippen LogP contribution in [-0.4, -0.2) is 11.5 Å². The van der Waals surface area contributed by atoms with Crippen molar-refractivity contribution in [1.82, 2.24) is 0 Å². The summed E-state index contributed by atoms with van der Waals surface area (Å²) in [5.74, 6) is 4.35. The topological polar surface area (TPSA) is 9.23 Å². The van der Waals surface area contributed by atoms with Gasteiger partial charge in [-0.15, -0.1) is 23.5 Å². The Morgan fingerprint density at radius 3 is 2.37 bits per heavy atom. The molecule has 1 heterocycles. The first kappa shape index (κ1) is 12.9. The molecule has 2 aromatic carbocycles. The van der Waals surface area contributed by atoms with Crippen LogP contribution in [0.5, 0.6) is 11.5 Å². The Bertz CT molecular complexity index is 521. The van der Waals surface area contributed by atoms with E-state index in [9.17, 15) is 0 Å². The second-order valence-corrected chi connectivity index (χ2v) is 7.14. The van der Waals surface area contributed by atoms with Crippen LogP contribution in [0.1, 0.15) is 16.6 Å². The summed E-state index contributed by atoms with van der Waals surface area (Å²) in [6.45, 7) is 0. The van der Waals surface area contributed by atoms with Crippen LogP contribution in [0.4, 0.5) is 0 Å². The molecule has 19 heavy (non-hydrogen) atoms. The Labute approximate surface area is 122 Å². The quantitative estimate of drug-likeness (QED) is 0.753. The van der Waals surface area contributed by atoms with E-state index in [1.165, 1.54) is 23.5 Å². The minimum atomic E-state index is 0.563. The zero-order valence-corrected chi connectivity index (χ0v) is 12.3. The lowest BCUT2D eigenvalue weighted by Gasteiger charge is -2.21. The molecule has 1 nitrogen and oxygen atoms in total. The van der Waals surface area contributed by atoms with E-state index in [0.717, 1.165) is 11.5 Å². The molecule has 3 rings (SSSR count). The van der Waals surface area contributed by atoms with Crippen molar-refractivity contribution in [2.45, 2.75) is 11.0 Å². The van der Waals surface area contributed by atoms with Crippen molar-refractivity contribution in [3.8, 4) is 11.5 Å². The van der Waals surface area contributed by atoms with Crippen molar-refractivity contribution in [2.24, 2.45) is 0 Å². The fourth-order valence-electron chi connectivity index (χ4n) is 2.03. The molecule has 1 fully saturated rings. The van der Waals surface area contributed by atoms with E-state index in [4.69, 9.17) is 4.74 Å². The third-order valence-corrected chi connectivity index (χ3v) is 5.95. The van der Waals surface area contributed by atoms with E-state index in [1.807, 2.05) is 59.9 Å². The van der Waals surface area contributed by atoms with Crippen molar-refractivity contribution in [3.05, 3.63) is 60.2 Å². The predicted octanol–water partition coefficient (Wildman–Crippen LogP) is 5.35. The van der Waals surface area contributed by atoms with Gasteiger partial charge in [0.05, 0.1) is 4.58 Å². The average Bonchev–Trinajstić information content (AvgIpc) is 2.49. The van der Waals surface area contributed by atoms with Gasteiger partial charge in [-0.1, -0.05) is 30.3 Å². The largest absolute Gasteiger partial charge is 0.457 e. The smallest absolute Gasteiger partial charge is 0.127 e. The maximum absolute atomic E-state index is 5.89. The number of hydrogen-bond donors (Lipinski definition) is 0. The fraction of sp³-hybridized carbons (Fsp3) is 0.250. The van der Waals surface area contributed by atoms with Crippen LogP contribution in [0.2, 0.25) is 0 Å². The van der Waals surface area contributed by atoms with Crippen LogP contribution >= 0.6 is 23.5 Å². The molecule has 1 aliphatic heterocycles. The zero-order chi connectivity index (χ0) is 12.9. The molecule has 0 unspecified atom stereocenters. The van der Waals surface area contributed by atoms with Gasteiger partial charge >= 0.3 is 0 Å². The van der Waals surface area contributed by atoms with E-state index in [1.54, 1.807) is 0 Å². The Balaban J connectivity index is 1.76. The standard InChI is InChI=1S/C16H16OS2/c1-2-7-14(8-3-1)17-15-9-4-6-13(12-15)16-18-10-5-11-19-16/h1-4,6-9,12,16H,5,10-11H2. The van der Waals surface area contributed by atoms with Crippen LogP contribution in [0.15, 0.2) is 54.6 Å². The SMILES string of the molecule is c1ccc(Oc2cccc(C3SCCCS3)c2)cc1. The second kappa shape index (κ2) is 6.40. The maximum Gasteiger partial charge on any atom is 0.127 e. The fourth-order valence-corrected chi connectivity index (χ4v) is 4.90. The highest BCUT2D eigenvalue weighted by molar-refractivity contribution is 8.16. The molecule has 0 amide bonds. The third-order valence-electron chi connectivity index (χ3n) is 2.94. The van der Waals surface area contributed by atoms with Crippen LogP contribution in [0.3, 0.4) is 0 Å². The first-order chi connectivity index (χ1) is 9.42. The van der Waals surface area contributed by atoms with Gasteiger partial charge in [-0.25, -0.2) is 0 Å². The molecular weight excluding hydrogens is 272 g/mol. The minimum absolute atomic E-state index is 0.563. The summed E-state index contributed by atoms with van der Waals surface area (Å²) in [5.41, 5.74) is 1.36. The molecule has 0 N–H and O–H groups in total. The highest BCUT2D eigenvalue weighted by Gasteiger charge is 2.16. The van der Waals surface area contributed by atoms with E-state index >= 15 is 0 Å². The zero-order valence-electron chi connectivity index (χ0n) is 10.6. The molecule has 0 atom stereocenters. The molecule has 98 valence electrons. The predicted molar refractivity (Wildman–Crippen MR) is 85.2 cm³/mol. The van der Waals surface area contributed by atoms with Crippen molar-refractivity contribution >= 4 is 23.5 Å². The Kier molecular flexibility index (Phi) is 4.36. The number of thioether (sulfide) groups is 2. The molecule has 0 radical (unpaired) electrons. The van der Waals surface area contributed by atoms with Crippen LogP contribution < -0.4 is 4.74 Å². The second-order valence-electron chi connectivity index (χ2n) is 4.41. The Morgan fingerprint density at radius 1 is 0.842 bits per heavy atom. The van der Waals surface area contributed by atoms with Crippen LogP contribution in [-0.2, 0) is 0 Å². The molecule has 2 aromatic rings. The number of rotatable bonds is 3. The summed E-state index contributed by atoms with van der Waals surface area (Å²) in [6, 6.07) is 18.4. The number of benzene rings is 2. The van der Waals surface area contributed by atoms with Crippen molar-refractivity contribution < 1.29 is 4.74 Å². The first-order valence-electron chi connectivity index (χ1n) is 6.48. The number of para-hydroxylation sites is 1. The minimum Gasteiger partial charge on any atom is -0.457 e. The molecule has 0 spiro atoms. The molecule has 1 saturated heterocycles. The van der Waals surface area contributed by atoms with Crippen molar-refractivity contribution in [1.29, 1.82) is 0 Å². The van der Waals surface area contributed by atoms with Gasteiger partial charge in [0.1, 0.15) is 11.5 Å². The number of ether oxygens (including phenoxy) is 1. The summed E-state index contributed by atoms with van der Waals surface area (Å²) in [4.78, 5) is 0. The molecule has 3 heteroatoms. The molecule has 0 bridgehead atoms. The van der Waals surface area contributed by atoms with Crippen LogP contribution in [0.25, 0.3) is 0 Å². The summed E-state index contributed by atoms with van der Waals surface area (Å²) in [7, 11) is 0. The highest BCUT2D eigenvalue weighted by Crippen LogP contribution is 2.44. The molecular formula is C16H16OS2. The van der Waals surface area contributed by atoms with Gasteiger partial charge < -0.3 is 4.74 Å². The van der Waals surface area contributed by atoms with Gasteiger partial charge in [0.25, 0.3) is 0 Å². The summed E-state index contributed by atoms with van der Waals surface area (Å²) >= 11 is 4.08. The lowest BCUT2D eigenvalue weighted by atomic mass is 10.2. The Morgan fingerprint density at radius 2 is 1.58 bits per heavy atom. The van der Waals surface area contributed by atoms with Gasteiger partial charge in [-0.05, 0) is 47.8 Å². The first-order valence-corrected chi connectivity index (χ1v) is 8.58. The van der Waals surface area contributed by atoms with E-state index in [-0.39, 0.29) is 0 Å². The average molecular weight is 288 g/mol.